The number of hydrogen-bond donors (Lipinski definition) is 1. The number of aromatic nitrogens is 2. The van der Waals surface area contributed by atoms with Crippen LogP contribution in [0.4, 0.5) is 0 Å². The van der Waals surface area contributed by atoms with Crippen molar-refractivity contribution in [2.45, 2.75) is 31.8 Å². The summed E-state index contributed by atoms with van der Waals surface area (Å²) < 4.78 is 38.7. The number of fused-ring (bicyclic) bond motifs is 2. The van der Waals surface area contributed by atoms with Crippen LogP contribution in [0, 0.1) is 0 Å². The third-order valence-electron chi connectivity index (χ3n) is 6.56. The molecule has 8 nitrogen and oxygen atoms in total. The van der Waals surface area contributed by atoms with Gasteiger partial charge in [0.1, 0.15) is 11.5 Å². The van der Waals surface area contributed by atoms with Gasteiger partial charge < -0.3 is 24.3 Å². The van der Waals surface area contributed by atoms with Gasteiger partial charge in [0.2, 0.25) is 0 Å². The second kappa shape index (κ2) is 13.2. The molecule has 5 aromatic rings. The molecule has 9 heteroatoms. The summed E-state index contributed by atoms with van der Waals surface area (Å²) in [5.41, 5.74) is 4.07. The van der Waals surface area contributed by atoms with E-state index in [0.717, 1.165) is 29.0 Å². The van der Waals surface area contributed by atoms with Crippen molar-refractivity contribution in [3.8, 4) is 11.5 Å². The Hall–Kier alpha value is -3.79. The van der Waals surface area contributed by atoms with Gasteiger partial charge in [0.25, 0.3) is 10.0 Å². The number of hydrogen-bond acceptors (Lipinski definition) is 6. The van der Waals surface area contributed by atoms with Gasteiger partial charge in [-0.2, -0.15) is 0 Å². The largest absolute Gasteiger partial charge is 0.494 e. The van der Waals surface area contributed by atoms with Gasteiger partial charge in [-0.3, -0.25) is 0 Å². The smallest absolute Gasteiger partial charge is 0.268 e. The molecule has 0 saturated carbocycles. The molecule has 0 radical (unpaired) electrons. The molecular weight excluding hydrogens is 536 g/mol. The predicted octanol–water partition coefficient (Wildman–Crippen LogP) is 5.97. The number of ether oxygens (including phenoxy) is 2. The third kappa shape index (κ3) is 6.75. The first-order chi connectivity index (χ1) is 19.7. The topological polar surface area (TPSA) is 79.8 Å². The molecule has 1 N–H and O–H groups in total. The fourth-order valence-electron chi connectivity index (χ4n) is 4.86. The second-order valence-corrected chi connectivity index (χ2v) is 12.0. The fraction of sp³-hybridized carbons (Fsp3) is 0.312. The molecule has 41 heavy (non-hydrogen) atoms. The molecule has 2 aromatic heterocycles. The molecule has 5 rings (SSSR count). The van der Waals surface area contributed by atoms with E-state index in [2.05, 4.69) is 36.1 Å². The van der Waals surface area contributed by atoms with Crippen molar-refractivity contribution >= 4 is 31.8 Å². The summed E-state index contributed by atoms with van der Waals surface area (Å²) in [4.78, 5) is 7.70. The molecule has 0 aliphatic rings. The van der Waals surface area contributed by atoms with Gasteiger partial charge in [0, 0.05) is 52.9 Å². The normalized spacial score (nSPS) is 11.7. The summed E-state index contributed by atoms with van der Waals surface area (Å²) in [5.74, 6) is 1.78. The Balaban J connectivity index is 0.000000208. The van der Waals surface area contributed by atoms with Crippen LogP contribution in [0.15, 0.2) is 84.0 Å². The van der Waals surface area contributed by atoms with E-state index in [1.54, 1.807) is 42.6 Å². The number of nitrogens with zero attached hydrogens (tertiary/aromatic N) is 3. The van der Waals surface area contributed by atoms with E-state index in [1.165, 1.54) is 20.4 Å². The van der Waals surface area contributed by atoms with E-state index in [4.69, 9.17) is 9.47 Å². The first-order valence-corrected chi connectivity index (χ1v) is 15.2. The molecule has 0 bridgehead atoms. The zero-order valence-electron chi connectivity index (χ0n) is 24.7. The lowest BCUT2D eigenvalue weighted by Crippen LogP contribution is -2.13. The summed E-state index contributed by atoms with van der Waals surface area (Å²) in [7, 11) is 4.47. The van der Waals surface area contributed by atoms with Gasteiger partial charge in [0.15, 0.2) is 0 Å². The molecule has 0 fully saturated rings. The Bertz CT molecular complexity index is 1690. The molecule has 3 aromatic carbocycles. The van der Waals surface area contributed by atoms with Crippen molar-refractivity contribution in [2.75, 3.05) is 41.4 Å². The molecule has 0 aliphatic carbocycles. The Morgan fingerprint density at radius 2 is 1.32 bits per heavy atom. The van der Waals surface area contributed by atoms with Crippen molar-refractivity contribution in [1.29, 1.82) is 0 Å². The number of rotatable bonds is 10. The highest BCUT2D eigenvalue weighted by atomic mass is 32.2. The zero-order valence-corrected chi connectivity index (χ0v) is 25.5. The monoisotopic (exact) mass is 576 g/mol. The van der Waals surface area contributed by atoms with Crippen LogP contribution < -0.4 is 9.47 Å². The highest BCUT2D eigenvalue weighted by Crippen LogP contribution is 2.32. The van der Waals surface area contributed by atoms with E-state index in [1.807, 2.05) is 57.2 Å². The Morgan fingerprint density at radius 3 is 1.90 bits per heavy atom. The average Bonchev–Trinajstić information content (AvgIpc) is 3.60. The summed E-state index contributed by atoms with van der Waals surface area (Å²) in [6, 6.07) is 20.2. The maximum absolute atomic E-state index is 13.0. The van der Waals surface area contributed by atoms with Crippen LogP contribution in [0.2, 0.25) is 0 Å². The predicted molar refractivity (Wildman–Crippen MR) is 166 cm³/mol. The number of nitrogens with one attached hydrogen (secondary N) is 1. The van der Waals surface area contributed by atoms with E-state index >= 15 is 0 Å². The molecule has 0 unspecified atom stereocenters. The average molecular weight is 577 g/mol. The van der Waals surface area contributed by atoms with E-state index in [-0.39, 0.29) is 4.90 Å². The molecule has 0 spiro atoms. The minimum Gasteiger partial charge on any atom is -0.494 e. The zero-order chi connectivity index (χ0) is 29.6. The van der Waals surface area contributed by atoms with Gasteiger partial charge in [-0.15, -0.1) is 0 Å². The number of benzene rings is 3. The van der Waals surface area contributed by atoms with Crippen molar-refractivity contribution in [2.24, 2.45) is 0 Å². The third-order valence-corrected chi connectivity index (χ3v) is 8.26. The number of H-pyrrole nitrogens is 1. The number of aromatic amines is 1. The SMILES string of the molecule is CCOc1ccc2[nH]ccc2c1CN(C)C.CCOc1ccc2c(ccn2S(=O)(=O)c2ccccc2)c1CN(C)C. The fourth-order valence-corrected chi connectivity index (χ4v) is 6.23. The lowest BCUT2D eigenvalue weighted by Gasteiger charge is -2.16. The highest BCUT2D eigenvalue weighted by Gasteiger charge is 2.21. The van der Waals surface area contributed by atoms with Gasteiger partial charge in [-0.25, -0.2) is 12.4 Å². The summed E-state index contributed by atoms with van der Waals surface area (Å²) in [6.07, 6.45) is 3.58. The van der Waals surface area contributed by atoms with Gasteiger partial charge in [0.05, 0.1) is 23.6 Å². The van der Waals surface area contributed by atoms with Crippen molar-refractivity contribution in [1.82, 2.24) is 18.8 Å². The van der Waals surface area contributed by atoms with Crippen LogP contribution >= 0.6 is 0 Å². The van der Waals surface area contributed by atoms with Crippen molar-refractivity contribution < 1.29 is 17.9 Å². The van der Waals surface area contributed by atoms with Crippen LogP contribution in [-0.4, -0.2) is 68.6 Å². The van der Waals surface area contributed by atoms with Gasteiger partial charge in [-0.1, -0.05) is 18.2 Å². The Morgan fingerprint density at radius 1 is 0.732 bits per heavy atom. The van der Waals surface area contributed by atoms with Gasteiger partial charge >= 0.3 is 0 Å². The quantitative estimate of drug-likeness (QED) is 0.221. The summed E-state index contributed by atoms with van der Waals surface area (Å²) in [5, 5.41) is 2.14. The molecule has 0 aliphatic heterocycles. The van der Waals surface area contributed by atoms with E-state index in [0.29, 0.717) is 25.3 Å². The molecular formula is C32H40N4O4S. The minimum absolute atomic E-state index is 0.274. The highest BCUT2D eigenvalue weighted by molar-refractivity contribution is 7.90. The Kier molecular flexibility index (Phi) is 9.75. The van der Waals surface area contributed by atoms with Crippen LogP contribution in [0.1, 0.15) is 25.0 Å². The molecule has 0 saturated heterocycles. The van der Waals surface area contributed by atoms with Crippen LogP contribution in [0.25, 0.3) is 21.8 Å². The lowest BCUT2D eigenvalue weighted by molar-refractivity contribution is 0.326. The van der Waals surface area contributed by atoms with Crippen molar-refractivity contribution in [3.63, 3.8) is 0 Å². The van der Waals surface area contributed by atoms with Crippen molar-refractivity contribution in [3.05, 3.63) is 90.3 Å². The van der Waals surface area contributed by atoms with E-state index in [9.17, 15) is 8.42 Å². The Labute approximate surface area is 243 Å². The van der Waals surface area contributed by atoms with Crippen LogP contribution in [0.3, 0.4) is 0 Å². The summed E-state index contributed by atoms with van der Waals surface area (Å²) in [6.45, 7) is 6.79. The van der Waals surface area contributed by atoms with E-state index < -0.39 is 10.0 Å². The first kappa shape index (κ1) is 30.2. The molecule has 2 heterocycles. The molecule has 218 valence electrons. The minimum atomic E-state index is -3.63. The molecule has 0 amide bonds. The van der Waals surface area contributed by atoms with Crippen LogP contribution in [0.5, 0.6) is 11.5 Å². The lowest BCUT2D eigenvalue weighted by atomic mass is 10.1. The van der Waals surface area contributed by atoms with Gasteiger partial charge in [-0.05, 0) is 90.6 Å². The standard InChI is InChI=1S/C19H22N2O3S.C13H18N2O/c1-4-24-19-11-10-18-16(17(19)14-20(2)3)12-13-21(18)25(22,23)15-8-6-5-7-9-15;1-4-16-13-6-5-12-10(7-8-14-12)11(13)9-15(2)3/h5-13H,4,14H2,1-3H3;5-8,14H,4,9H2,1-3H3. The molecule has 0 atom stereocenters. The second-order valence-electron chi connectivity index (χ2n) is 10.2. The maximum atomic E-state index is 13.0. The maximum Gasteiger partial charge on any atom is 0.268 e. The summed E-state index contributed by atoms with van der Waals surface area (Å²) >= 11 is 0. The first-order valence-electron chi connectivity index (χ1n) is 13.7. The van der Waals surface area contributed by atoms with Crippen LogP contribution in [-0.2, 0) is 23.1 Å².